The molecule has 2 heterocycles. The zero-order valence-corrected chi connectivity index (χ0v) is 18.7. The molecule has 1 aromatic heterocycles. The number of hydrogen-bond acceptors (Lipinski definition) is 6. The van der Waals surface area contributed by atoms with Crippen LogP contribution < -0.4 is 20.1 Å². The van der Waals surface area contributed by atoms with Gasteiger partial charge in [-0.05, 0) is 50.1 Å². The number of aryl methyl sites for hydroxylation is 1. The fourth-order valence-electron chi connectivity index (χ4n) is 3.71. The molecule has 1 unspecified atom stereocenters. The number of hydrogen-bond donors (Lipinski definition) is 2. The van der Waals surface area contributed by atoms with Crippen molar-refractivity contribution < 1.29 is 14.3 Å². The predicted molar refractivity (Wildman–Crippen MR) is 123 cm³/mol. The van der Waals surface area contributed by atoms with Gasteiger partial charge in [-0.15, -0.1) is 0 Å². The van der Waals surface area contributed by atoms with Crippen LogP contribution in [0.1, 0.15) is 37.4 Å². The molecule has 3 aromatic rings. The second-order valence-corrected chi connectivity index (χ2v) is 7.67. The number of nitrogens with zero attached hydrogens (tertiary/aromatic N) is 3. The van der Waals surface area contributed by atoms with E-state index in [0.717, 1.165) is 23.2 Å². The fraction of sp³-hybridized carbons (Fsp3) is 0.292. The van der Waals surface area contributed by atoms with Crippen molar-refractivity contribution in [3.8, 4) is 11.5 Å². The van der Waals surface area contributed by atoms with Crippen LogP contribution in [0.3, 0.4) is 0 Å². The van der Waals surface area contributed by atoms with Crippen LogP contribution >= 0.6 is 0 Å². The van der Waals surface area contributed by atoms with Gasteiger partial charge in [-0.3, -0.25) is 4.79 Å². The molecule has 0 spiro atoms. The topological polar surface area (TPSA) is 90.3 Å². The standard InChI is InChI=1S/C24H27N5O3/c1-5-12-32-19-11-8-17(13-20(19)31-4)22-21(16(3)27-24-25-14-26-29(22)24)23(30)28-18-9-6-15(2)7-10-18/h6-11,13-14,22H,5,12H2,1-4H3,(H,28,30)(H,25,26,27). The number of fused-ring (bicyclic) bond motifs is 1. The van der Waals surface area contributed by atoms with Crippen molar-refractivity contribution in [2.75, 3.05) is 24.4 Å². The second-order valence-electron chi connectivity index (χ2n) is 7.67. The summed E-state index contributed by atoms with van der Waals surface area (Å²) in [6.07, 6.45) is 2.37. The van der Waals surface area contributed by atoms with E-state index in [1.165, 1.54) is 6.33 Å². The van der Waals surface area contributed by atoms with Crippen LogP contribution in [-0.4, -0.2) is 34.4 Å². The Morgan fingerprint density at radius 1 is 1.16 bits per heavy atom. The minimum absolute atomic E-state index is 0.213. The molecule has 0 fully saturated rings. The van der Waals surface area contributed by atoms with Crippen LogP contribution in [0.4, 0.5) is 11.6 Å². The van der Waals surface area contributed by atoms with Crippen LogP contribution in [0.2, 0.25) is 0 Å². The van der Waals surface area contributed by atoms with Crippen LogP contribution in [-0.2, 0) is 4.79 Å². The van der Waals surface area contributed by atoms with Crippen molar-refractivity contribution >= 4 is 17.5 Å². The Bertz CT molecular complexity index is 1150. The zero-order valence-electron chi connectivity index (χ0n) is 18.7. The molecule has 4 rings (SSSR count). The molecule has 2 aromatic carbocycles. The molecule has 8 heteroatoms. The number of aromatic nitrogens is 3. The molecule has 1 aliphatic heterocycles. The van der Waals surface area contributed by atoms with Gasteiger partial charge in [0.05, 0.1) is 19.3 Å². The Morgan fingerprint density at radius 2 is 1.94 bits per heavy atom. The SMILES string of the molecule is CCCOc1ccc(C2C(C(=O)Nc3ccc(C)cc3)=C(C)Nc3ncnn32)cc1OC. The maximum atomic E-state index is 13.4. The predicted octanol–water partition coefficient (Wildman–Crippen LogP) is 4.31. The molecule has 0 radical (unpaired) electrons. The molecule has 1 aliphatic rings. The number of anilines is 2. The fourth-order valence-corrected chi connectivity index (χ4v) is 3.71. The van der Waals surface area contributed by atoms with Gasteiger partial charge in [0.2, 0.25) is 5.95 Å². The van der Waals surface area contributed by atoms with Gasteiger partial charge in [-0.1, -0.05) is 30.7 Å². The minimum atomic E-state index is -0.478. The molecular weight excluding hydrogens is 406 g/mol. The van der Waals surface area contributed by atoms with Gasteiger partial charge >= 0.3 is 0 Å². The summed E-state index contributed by atoms with van der Waals surface area (Å²) in [6, 6.07) is 12.9. The number of rotatable bonds is 7. The third kappa shape index (κ3) is 4.16. The summed E-state index contributed by atoms with van der Waals surface area (Å²) in [6.45, 7) is 6.52. The van der Waals surface area contributed by atoms with Crippen LogP contribution in [0.5, 0.6) is 11.5 Å². The zero-order chi connectivity index (χ0) is 22.7. The number of allylic oxidation sites excluding steroid dienone is 1. The molecule has 2 N–H and O–H groups in total. The molecule has 32 heavy (non-hydrogen) atoms. The van der Waals surface area contributed by atoms with Gasteiger partial charge < -0.3 is 20.1 Å². The van der Waals surface area contributed by atoms with Gasteiger partial charge in [0.15, 0.2) is 11.5 Å². The average Bonchev–Trinajstić information content (AvgIpc) is 3.26. The maximum absolute atomic E-state index is 13.4. The Morgan fingerprint density at radius 3 is 2.66 bits per heavy atom. The minimum Gasteiger partial charge on any atom is -0.493 e. The van der Waals surface area contributed by atoms with E-state index in [0.29, 0.717) is 35.3 Å². The third-order valence-corrected chi connectivity index (χ3v) is 5.31. The quantitative estimate of drug-likeness (QED) is 0.577. The van der Waals surface area contributed by atoms with E-state index >= 15 is 0 Å². The average molecular weight is 434 g/mol. The molecule has 0 bridgehead atoms. The number of carbonyl (C=O) groups is 1. The number of ether oxygens (including phenoxy) is 2. The summed E-state index contributed by atoms with van der Waals surface area (Å²) in [5, 5.41) is 10.6. The largest absolute Gasteiger partial charge is 0.493 e. The first-order valence-corrected chi connectivity index (χ1v) is 10.6. The van der Waals surface area contributed by atoms with Gasteiger partial charge in [-0.25, -0.2) is 4.68 Å². The van der Waals surface area contributed by atoms with E-state index in [4.69, 9.17) is 9.47 Å². The lowest BCUT2D eigenvalue weighted by Crippen LogP contribution is -2.31. The molecule has 166 valence electrons. The van der Waals surface area contributed by atoms with E-state index in [1.807, 2.05) is 56.3 Å². The Balaban J connectivity index is 1.74. The highest BCUT2D eigenvalue weighted by molar-refractivity contribution is 6.06. The number of amides is 1. The first-order valence-electron chi connectivity index (χ1n) is 10.6. The van der Waals surface area contributed by atoms with Gasteiger partial charge in [-0.2, -0.15) is 10.1 Å². The normalized spacial score (nSPS) is 15.1. The lowest BCUT2D eigenvalue weighted by Gasteiger charge is -2.29. The van der Waals surface area contributed by atoms with E-state index in [1.54, 1.807) is 11.8 Å². The summed E-state index contributed by atoms with van der Waals surface area (Å²) in [4.78, 5) is 17.7. The maximum Gasteiger partial charge on any atom is 0.255 e. The monoisotopic (exact) mass is 433 g/mol. The lowest BCUT2D eigenvalue weighted by molar-refractivity contribution is -0.113. The molecule has 1 amide bonds. The molecule has 8 nitrogen and oxygen atoms in total. The highest BCUT2D eigenvalue weighted by Crippen LogP contribution is 2.38. The van der Waals surface area contributed by atoms with E-state index in [-0.39, 0.29) is 5.91 Å². The molecule has 0 saturated heterocycles. The number of carbonyl (C=O) groups excluding carboxylic acids is 1. The van der Waals surface area contributed by atoms with E-state index in [2.05, 4.69) is 27.6 Å². The van der Waals surface area contributed by atoms with Crippen molar-refractivity contribution in [3.05, 3.63) is 71.2 Å². The van der Waals surface area contributed by atoms with Gasteiger partial charge in [0, 0.05) is 11.4 Å². The van der Waals surface area contributed by atoms with Crippen LogP contribution in [0.25, 0.3) is 0 Å². The summed E-state index contributed by atoms with van der Waals surface area (Å²) in [7, 11) is 1.60. The first kappa shape index (κ1) is 21.4. The molecular formula is C24H27N5O3. The van der Waals surface area contributed by atoms with Crippen LogP contribution in [0.15, 0.2) is 60.1 Å². The highest BCUT2D eigenvalue weighted by atomic mass is 16.5. The Kier molecular flexibility index (Phi) is 6.11. The molecule has 0 saturated carbocycles. The van der Waals surface area contributed by atoms with Crippen molar-refractivity contribution in [2.45, 2.75) is 33.2 Å². The van der Waals surface area contributed by atoms with Crippen molar-refractivity contribution in [1.29, 1.82) is 0 Å². The Labute approximate surface area is 187 Å². The van der Waals surface area contributed by atoms with Crippen LogP contribution in [0, 0.1) is 6.92 Å². The number of nitrogens with one attached hydrogen (secondary N) is 2. The summed E-state index contributed by atoms with van der Waals surface area (Å²) < 4.78 is 13.1. The first-order chi connectivity index (χ1) is 15.5. The summed E-state index contributed by atoms with van der Waals surface area (Å²) in [5.74, 6) is 1.63. The lowest BCUT2D eigenvalue weighted by atomic mass is 9.94. The van der Waals surface area contributed by atoms with Crippen molar-refractivity contribution in [1.82, 2.24) is 14.8 Å². The highest BCUT2D eigenvalue weighted by Gasteiger charge is 2.34. The van der Waals surface area contributed by atoms with Crippen molar-refractivity contribution in [3.63, 3.8) is 0 Å². The smallest absolute Gasteiger partial charge is 0.255 e. The number of methoxy groups -OCH3 is 1. The van der Waals surface area contributed by atoms with Gasteiger partial charge in [0.25, 0.3) is 5.91 Å². The van der Waals surface area contributed by atoms with E-state index in [9.17, 15) is 4.79 Å². The molecule has 1 atom stereocenters. The van der Waals surface area contributed by atoms with Crippen molar-refractivity contribution in [2.24, 2.45) is 0 Å². The Hall–Kier alpha value is -3.81. The van der Waals surface area contributed by atoms with E-state index < -0.39 is 6.04 Å². The summed E-state index contributed by atoms with van der Waals surface area (Å²) >= 11 is 0. The second kappa shape index (κ2) is 9.13. The van der Waals surface area contributed by atoms with Gasteiger partial charge in [0.1, 0.15) is 12.4 Å². The molecule has 0 aliphatic carbocycles. The number of benzene rings is 2. The summed E-state index contributed by atoms with van der Waals surface area (Å²) in [5.41, 5.74) is 3.95. The third-order valence-electron chi connectivity index (χ3n) is 5.31.